The first-order chi connectivity index (χ1) is 23.5. The fourth-order valence-corrected chi connectivity index (χ4v) is 7.92. The zero-order valence-electron chi connectivity index (χ0n) is 27.5. The van der Waals surface area contributed by atoms with Crippen LogP contribution in [-0.2, 0) is 14.4 Å². The van der Waals surface area contributed by atoms with E-state index < -0.39 is 36.0 Å². The van der Waals surface area contributed by atoms with Crippen molar-refractivity contribution in [2.75, 3.05) is 18.4 Å². The molecule has 5 heterocycles. The number of hydrogen-bond donors (Lipinski definition) is 4. The van der Waals surface area contributed by atoms with Crippen molar-refractivity contribution in [1.82, 2.24) is 30.3 Å². The zero-order valence-corrected chi connectivity index (χ0v) is 28.4. The SMILES string of the molecule is Cc1ccc(C2=N[C@@H](CC(=O)NCCNc3cccc4c3C(=O)N(C3CCC(=O)NC3=O)C4O)c3nnc(C)n3-c3sc(C)c(C)c32)cc1. The maximum absolute atomic E-state index is 13.5. The van der Waals surface area contributed by atoms with E-state index in [2.05, 4.69) is 64.3 Å². The molecule has 4 N–H and O–H groups in total. The summed E-state index contributed by atoms with van der Waals surface area (Å²) in [4.78, 5) is 58.5. The fourth-order valence-electron chi connectivity index (χ4n) is 6.70. The highest BCUT2D eigenvalue weighted by molar-refractivity contribution is 7.15. The van der Waals surface area contributed by atoms with E-state index in [0.29, 0.717) is 17.1 Å². The summed E-state index contributed by atoms with van der Waals surface area (Å²) in [7, 11) is 0. The number of aromatic nitrogens is 3. The Morgan fingerprint density at radius 2 is 1.80 bits per heavy atom. The third kappa shape index (κ3) is 5.70. The van der Waals surface area contributed by atoms with Gasteiger partial charge in [-0.05, 0) is 45.7 Å². The molecule has 0 spiro atoms. The molecule has 0 aliphatic carbocycles. The lowest BCUT2D eigenvalue weighted by atomic mass is 9.99. The van der Waals surface area contributed by atoms with Crippen LogP contribution in [0.3, 0.4) is 0 Å². The molecule has 4 aromatic rings. The molecular weight excluding hydrogens is 645 g/mol. The van der Waals surface area contributed by atoms with Crippen LogP contribution in [0.4, 0.5) is 5.69 Å². The summed E-state index contributed by atoms with van der Waals surface area (Å²) in [6, 6.07) is 11.7. The highest BCUT2D eigenvalue weighted by Gasteiger charge is 2.45. The maximum Gasteiger partial charge on any atom is 0.259 e. The molecule has 2 aromatic carbocycles. The minimum absolute atomic E-state index is 0.0484. The Labute approximate surface area is 286 Å². The molecule has 2 unspecified atom stereocenters. The van der Waals surface area contributed by atoms with Gasteiger partial charge in [0.15, 0.2) is 12.1 Å². The van der Waals surface area contributed by atoms with Crippen LogP contribution in [0.2, 0.25) is 0 Å². The van der Waals surface area contributed by atoms with Crippen molar-refractivity contribution in [2.24, 2.45) is 4.99 Å². The van der Waals surface area contributed by atoms with Crippen LogP contribution in [-0.4, -0.2) is 73.2 Å². The molecular formula is C35H36N8O5S. The van der Waals surface area contributed by atoms with E-state index in [1.165, 1.54) is 4.88 Å². The van der Waals surface area contributed by atoms with Crippen molar-refractivity contribution < 1.29 is 24.3 Å². The monoisotopic (exact) mass is 680 g/mol. The number of thiophene rings is 1. The molecule has 2 aromatic heterocycles. The Bertz CT molecular complexity index is 2050. The molecule has 1 saturated heterocycles. The smallest absolute Gasteiger partial charge is 0.259 e. The Morgan fingerprint density at radius 3 is 2.55 bits per heavy atom. The van der Waals surface area contributed by atoms with Gasteiger partial charge in [-0.2, -0.15) is 0 Å². The molecule has 49 heavy (non-hydrogen) atoms. The third-order valence-electron chi connectivity index (χ3n) is 9.34. The topological polar surface area (TPSA) is 171 Å². The second kappa shape index (κ2) is 12.7. The van der Waals surface area contributed by atoms with Gasteiger partial charge in [0.25, 0.3) is 5.91 Å². The first kappa shape index (κ1) is 32.3. The standard InChI is InChI=1S/C35H36N8O5S/c1-17-8-10-21(11-9-17)30-28-18(2)19(3)49-35(28)42-20(4)40-41-31(42)24(38-30)16-27(45)37-15-14-36-23-7-5-6-22-29(23)34(48)43(33(22)47)25-12-13-26(44)39-32(25)46/h5-11,24-25,33,36,47H,12-16H2,1-4H3,(H,37,45)(H,39,44,46)/t24-,25?,33?/m0/s1. The summed E-state index contributed by atoms with van der Waals surface area (Å²) < 4.78 is 2.02. The third-order valence-corrected chi connectivity index (χ3v) is 10.5. The lowest BCUT2D eigenvalue weighted by Gasteiger charge is -2.31. The number of carbonyl (C=O) groups is 4. The summed E-state index contributed by atoms with van der Waals surface area (Å²) in [5.41, 5.74) is 6.18. The lowest BCUT2D eigenvalue weighted by Crippen LogP contribution is -2.53. The number of aryl methyl sites for hydroxylation is 3. The number of rotatable bonds is 8. The number of amides is 4. The highest BCUT2D eigenvalue weighted by Crippen LogP contribution is 2.40. The maximum atomic E-state index is 13.5. The summed E-state index contributed by atoms with van der Waals surface area (Å²) in [5, 5.41) is 29.2. The van der Waals surface area contributed by atoms with Gasteiger partial charge >= 0.3 is 0 Å². The fraction of sp³-hybridized carbons (Fsp3) is 0.343. The van der Waals surface area contributed by atoms with Crippen LogP contribution < -0.4 is 16.0 Å². The van der Waals surface area contributed by atoms with Gasteiger partial charge in [0.1, 0.15) is 22.9 Å². The van der Waals surface area contributed by atoms with Crippen LogP contribution in [0.5, 0.6) is 0 Å². The van der Waals surface area contributed by atoms with Crippen LogP contribution >= 0.6 is 11.3 Å². The quantitative estimate of drug-likeness (QED) is 0.162. The Hall–Kier alpha value is -5.21. The Balaban J connectivity index is 1.06. The predicted molar refractivity (Wildman–Crippen MR) is 183 cm³/mol. The van der Waals surface area contributed by atoms with E-state index in [4.69, 9.17) is 4.99 Å². The molecule has 7 rings (SSSR count). The normalized spacial score (nSPS) is 19.9. The molecule has 0 saturated carbocycles. The largest absolute Gasteiger partial charge is 0.383 e. The van der Waals surface area contributed by atoms with Gasteiger partial charge in [-0.3, -0.25) is 39.0 Å². The number of aliphatic hydroxyl groups excluding tert-OH is 1. The zero-order chi connectivity index (χ0) is 34.6. The second-order valence-electron chi connectivity index (χ2n) is 12.6. The van der Waals surface area contributed by atoms with E-state index in [1.54, 1.807) is 29.5 Å². The molecule has 14 heteroatoms. The number of anilines is 1. The van der Waals surface area contributed by atoms with Crippen molar-refractivity contribution in [3.63, 3.8) is 0 Å². The van der Waals surface area contributed by atoms with Crippen molar-refractivity contribution in [2.45, 2.75) is 65.3 Å². The van der Waals surface area contributed by atoms with Crippen LogP contribution in [0.25, 0.3) is 5.00 Å². The Kier molecular flexibility index (Phi) is 8.36. The first-order valence-electron chi connectivity index (χ1n) is 16.2. The number of nitrogens with one attached hydrogen (secondary N) is 3. The van der Waals surface area contributed by atoms with E-state index in [9.17, 15) is 24.3 Å². The van der Waals surface area contributed by atoms with E-state index in [0.717, 1.165) is 43.7 Å². The second-order valence-corrected chi connectivity index (χ2v) is 13.8. The molecule has 0 bridgehead atoms. The van der Waals surface area contributed by atoms with Gasteiger partial charge in [-0.1, -0.05) is 42.0 Å². The van der Waals surface area contributed by atoms with Gasteiger partial charge in [0.05, 0.1) is 17.7 Å². The molecule has 4 amide bonds. The first-order valence-corrected chi connectivity index (χ1v) is 17.0. The minimum atomic E-state index is -1.32. The van der Waals surface area contributed by atoms with Crippen molar-refractivity contribution in [1.29, 1.82) is 0 Å². The van der Waals surface area contributed by atoms with Crippen molar-refractivity contribution >= 4 is 46.4 Å². The predicted octanol–water partition coefficient (Wildman–Crippen LogP) is 3.32. The van der Waals surface area contributed by atoms with E-state index in [1.807, 2.05) is 18.4 Å². The van der Waals surface area contributed by atoms with Gasteiger partial charge in [-0.15, -0.1) is 21.5 Å². The number of hydrogen-bond acceptors (Lipinski definition) is 10. The molecule has 3 aliphatic rings. The van der Waals surface area contributed by atoms with E-state index in [-0.39, 0.29) is 43.8 Å². The number of fused-ring (bicyclic) bond motifs is 4. The Morgan fingerprint density at radius 1 is 1.02 bits per heavy atom. The van der Waals surface area contributed by atoms with Gasteiger partial charge < -0.3 is 15.7 Å². The van der Waals surface area contributed by atoms with Crippen LogP contribution in [0.1, 0.15) is 86.2 Å². The summed E-state index contributed by atoms with van der Waals surface area (Å²) in [6.07, 6.45) is -1.05. The number of benzene rings is 2. The summed E-state index contributed by atoms with van der Waals surface area (Å²) in [5.74, 6) is -0.407. The summed E-state index contributed by atoms with van der Waals surface area (Å²) in [6.45, 7) is 8.66. The van der Waals surface area contributed by atoms with Gasteiger partial charge in [-0.25, -0.2) is 0 Å². The molecule has 3 aliphatic heterocycles. The lowest BCUT2D eigenvalue weighted by molar-refractivity contribution is -0.139. The van der Waals surface area contributed by atoms with Crippen molar-refractivity contribution in [3.8, 4) is 5.00 Å². The molecule has 252 valence electrons. The number of carbonyl (C=O) groups excluding carboxylic acids is 4. The van der Waals surface area contributed by atoms with E-state index >= 15 is 0 Å². The number of aliphatic imine (C=N–C) groups is 1. The number of nitrogens with zero attached hydrogens (tertiary/aromatic N) is 5. The van der Waals surface area contributed by atoms with Crippen LogP contribution in [0.15, 0.2) is 47.5 Å². The van der Waals surface area contributed by atoms with Gasteiger partial charge in [0, 0.05) is 46.8 Å². The number of aliphatic hydroxyl groups is 1. The molecule has 13 nitrogen and oxygen atoms in total. The minimum Gasteiger partial charge on any atom is -0.383 e. The molecule has 3 atom stereocenters. The average Bonchev–Trinajstić information content (AvgIpc) is 3.65. The molecule has 0 radical (unpaired) electrons. The highest BCUT2D eigenvalue weighted by atomic mass is 32.1. The number of piperidine rings is 1. The molecule has 1 fully saturated rings. The van der Waals surface area contributed by atoms with Gasteiger partial charge in [0.2, 0.25) is 17.7 Å². The average molecular weight is 681 g/mol. The van der Waals surface area contributed by atoms with Crippen molar-refractivity contribution in [3.05, 3.63) is 92.4 Å². The number of imide groups is 1. The summed E-state index contributed by atoms with van der Waals surface area (Å²) >= 11 is 1.66. The van der Waals surface area contributed by atoms with Crippen LogP contribution in [0, 0.1) is 27.7 Å².